The molecule has 0 fully saturated rings. The van der Waals surface area contributed by atoms with Gasteiger partial charge in [-0.1, -0.05) is 23.9 Å². The van der Waals surface area contributed by atoms with Crippen molar-refractivity contribution in [3.8, 4) is 11.4 Å². The summed E-state index contributed by atoms with van der Waals surface area (Å²) in [5, 5.41) is 23.3. The lowest BCUT2D eigenvalue weighted by atomic mass is 9.95. The maximum atomic E-state index is 12.7. The minimum absolute atomic E-state index is 0.0318. The Labute approximate surface area is 197 Å². The average Bonchev–Trinajstić information content (AvgIpc) is 3.38. The van der Waals surface area contributed by atoms with E-state index in [2.05, 4.69) is 15.5 Å². The van der Waals surface area contributed by atoms with Gasteiger partial charge in [0, 0.05) is 29.1 Å². The zero-order valence-electron chi connectivity index (χ0n) is 17.9. The number of rotatable bonds is 8. The van der Waals surface area contributed by atoms with Crippen molar-refractivity contribution in [3.63, 3.8) is 0 Å². The molecule has 33 heavy (non-hydrogen) atoms. The molecule has 4 rings (SSSR count). The number of nitrogens with two attached hydrogens (primary N) is 1. The maximum Gasteiger partial charge on any atom is 0.270 e. The van der Waals surface area contributed by atoms with Crippen molar-refractivity contribution in [2.75, 3.05) is 11.1 Å². The van der Waals surface area contributed by atoms with E-state index >= 15 is 0 Å². The number of hydrogen-bond donors (Lipinski definition) is 2. The first-order valence-corrected chi connectivity index (χ1v) is 12.2. The first-order chi connectivity index (χ1) is 15.9. The van der Waals surface area contributed by atoms with Gasteiger partial charge in [0.25, 0.3) is 11.6 Å². The molecule has 1 aliphatic rings. The van der Waals surface area contributed by atoms with Gasteiger partial charge in [-0.25, -0.2) is 0 Å². The number of carbonyl (C=O) groups is 2. The molecule has 2 heterocycles. The van der Waals surface area contributed by atoms with E-state index in [0.717, 1.165) is 36.1 Å². The summed E-state index contributed by atoms with van der Waals surface area (Å²) in [5.74, 6) is -0.243. The number of amides is 2. The van der Waals surface area contributed by atoms with Gasteiger partial charge < -0.3 is 15.6 Å². The summed E-state index contributed by atoms with van der Waals surface area (Å²) >= 11 is 2.63. The number of aromatic nitrogens is 3. The van der Waals surface area contributed by atoms with Gasteiger partial charge >= 0.3 is 0 Å². The number of benzene rings is 1. The van der Waals surface area contributed by atoms with E-state index in [-0.39, 0.29) is 17.3 Å². The second-order valence-electron chi connectivity index (χ2n) is 7.47. The quantitative estimate of drug-likeness (QED) is 0.281. The number of nitro benzene ring substituents is 1. The number of thioether (sulfide) groups is 1. The zero-order valence-corrected chi connectivity index (χ0v) is 19.5. The summed E-state index contributed by atoms with van der Waals surface area (Å²) in [6.07, 6.45) is 3.76. The van der Waals surface area contributed by atoms with Crippen molar-refractivity contribution in [2.24, 2.45) is 5.73 Å². The maximum absolute atomic E-state index is 12.7. The lowest BCUT2D eigenvalue weighted by Crippen LogP contribution is -2.19. The summed E-state index contributed by atoms with van der Waals surface area (Å²) in [6, 6.07) is 6.19. The second-order valence-corrected chi connectivity index (χ2v) is 9.52. The smallest absolute Gasteiger partial charge is 0.270 e. The number of aryl methyl sites for hydroxylation is 1. The van der Waals surface area contributed by atoms with E-state index in [4.69, 9.17) is 5.73 Å². The molecule has 1 aromatic carbocycles. The van der Waals surface area contributed by atoms with Crippen LogP contribution in [0.4, 0.5) is 10.7 Å². The molecular weight excluding hydrogens is 464 g/mol. The minimum atomic E-state index is -0.523. The zero-order chi connectivity index (χ0) is 23.5. The topological polar surface area (TPSA) is 146 Å². The van der Waals surface area contributed by atoms with Crippen LogP contribution in [0.25, 0.3) is 11.4 Å². The number of non-ortho nitro benzene ring substituents is 1. The Bertz CT molecular complexity index is 1240. The predicted molar refractivity (Wildman–Crippen MR) is 127 cm³/mol. The first-order valence-electron chi connectivity index (χ1n) is 10.4. The summed E-state index contributed by atoms with van der Waals surface area (Å²) in [4.78, 5) is 36.4. The molecule has 0 atom stereocenters. The van der Waals surface area contributed by atoms with Gasteiger partial charge in [0.05, 0.1) is 16.2 Å². The fourth-order valence-corrected chi connectivity index (χ4v) is 5.97. The first kappa shape index (κ1) is 22.9. The van der Waals surface area contributed by atoms with Crippen molar-refractivity contribution in [2.45, 2.75) is 44.3 Å². The average molecular weight is 487 g/mol. The Morgan fingerprint density at radius 1 is 1.30 bits per heavy atom. The summed E-state index contributed by atoms with van der Waals surface area (Å²) < 4.78 is 1.80. The Morgan fingerprint density at radius 3 is 2.82 bits per heavy atom. The third-order valence-corrected chi connectivity index (χ3v) is 7.53. The molecular formula is C21H22N6O4S2. The number of nitrogens with one attached hydrogen (secondary N) is 1. The molecule has 2 aromatic heterocycles. The summed E-state index contributed by atoms with van der Waals surface area (Å²) in [7, 11) is 0. The highest BCUT2D eigenvalue weighted by Gasteiger charge is 2.25. The molecule has 0 saturated heterocycles. The molecule has 0 unspecified atom stereocenters. The van der Waals surface area contributed by atoms with Crippen LogP contribution < -0.4 is 11.1 Å². The van der Waals surface area contributed by atoms with E-state index in [1.54, 1.807) is 16.7 Å². The van der Waals surface area contributed by atoms with Gasteiger partial charge in [0.1, 0.15) is 5.00 Å². The van der Waals surface area contributed by atoms with Crippen LogP contribution >= 0.6 is 23.1 Å². The molecule has 10 nitrogen and oxygen atoms in total. The Morgan fingerprint density at radius 2 is 2.09 bits per heavy atom. The number of nitro groups is 1. The third kappa shape index (κ3) is 4.76. The summed E-state index contributed by atoms with van der Waals surface area (Å²) in [5.41, 5.74) is 7.53. The second kappa shape index (κ2) is 9.71. The van der Waals surface area contributed by atoms with Crippen LogP contribution in [-0.4, -0.2) is 37.3 Å². The van der Waals surface area contributed by atoms with Crippen LogP contribution in [0.5, 0.6) is 0 Å². The number of fused-ring (bicyclic) bond motifs is 1. The lowest BCUT2D eigenvalue weighted by molar-refractivity contribution is -0.384. The van der Waals surface area contributed by atoms with Crippen molar-refractivity contribution in [1.82, 2.24) is 14.8 Å². The van der Waals surface area contributed by atoms with Gasteiger partial charge in [-0.15, -0.1) is 21.5 Å². The fourth-order valence-electron chi connectivity index (χ4n) is 3.86. The van der Waals surface area contributed by atoms with Gasteiger partial charge in [-0.05, 0) is 38.2 Å². The van der Waals surface area contributed by atoms with Crippen molar-refractivity contribution < 1.29 is 14.5 Å². The van der Waals surface area contributed by atoms with Crippen molar-refractivity contribution in [1.29, 1.82) is 0 Å². The molecule has 12 heteroatoms. The molecule has 0 spiro atoms. The standard InChI is InChI=1S/C21H22N6O4S2/c1-2-26-19(12-6-5-7-13(10-12)27(30)31)24-25-21(26)32-11-16(28)23-20-17(18(22)29)14-8-3-4-9-15(14)33-20/h5-7,10H,2-4,8-9,11H2,1H3,(H2,22,29)(H,23,28). The van der Waals surface area contributed by atoms with Crippen LogP contribution in [0.2, 0.25) is 0 Å². The highest BCUT2D eigenvalue weighted by Crippen LogP contribution is 2.38. The van der Waals surface area contributed by atoms with Gasteiger partial charge in [0.2, 0.25) is 5.91 Å². The molecule has 0 bridgehead atoms. The van der Waals surface area contributed by atoms with Crippen LogP contribution in [0.3, 0.4) is 0 Å². The number of thiophene rings is 1. The highest BCUT2D eigenvalue weighted by atomic mass is 32.2. The van der Waals surface area contributed by atoms with Gasteiger partial charge in [-0.2, -0.15) is 0 Å². The van der Waals surface area contributed by atoms with E-state index in [9.17, 15) is 19.7 Å². The van der Waals surface area contributed by atoms with Crippen molar-refractivity contribution >= 4 is 45.6 Å². The SMILES string of the molecule is CCn1c(SCC(=O)Nc2sc3c(c2C(N)=O)CCCC3)nnc1-c1cccc([N+](=O)[O-])c1. The minimum Gasteiger partial charge on any atom is -0.365 e. The van der Waals surface area contributed by atoms with E-state index in [0.29, 0.717) is 33.7 Å². The van der Waals surface area contributed by atoms with Crippen LogP contribution in [-0.2, 0) is 24.2 Å². The van der Waals surface area contributed by atoms with Crippen molar-refractivity contribution in [3.05, 3.63) is 50.4 Å². The largest absolute Gasteiger partial charge is 0.365 e. The summed E-state index contributed by atoms with van der Waals surface area (Å²) in [6.45, 7) is 2.43. The predicted octanol–water partition coefficient (Wildman–Crippen LogP) is 3.64. The molecule has 3 N–H and O–H groups in total. The van der Waals surface area contributed by atoms with E-state index in [1.807, 2.05) is 6.92 Å². The molecule has 3 aromatic rings. The molecule has 2 amide bonds. The van der Waals surface area contributed by atoms with E-state index < -0.39 is 10.8 Å². The number of anilines is 1. The fraction of sp³-hybridized carbons (Fsp3) is 0.333. The normalized spacial score (nSPS) is 12.9. The van der Waals surface area contributed by atoms with E-state index in [1.165, 1.54) is 35.2 Å². The van der Waals surface area contributed by atoms with Gasteiger partial charge in [0.15, 0.2) is 11.0 Å². The van der Waals surface area contributed by atoms with Crippen LogP contribution in [0.1, 0.15) is 40.6 Å². The number of carbonyl (C=O) groups excluding carboxylic acids is 2. The van der Waals surface area contributed by atoms with Gasteiger partial charge in [-0.3, -0.25) is 19.7 Å². The monoisotopic (exact) mass is 486 g/mol. The number of primary amides is 1. The molecule has 0 aliphatic heterocycles. The lowest BCUT2D eigenvalue weighted by Gasteiger charge is -2.11. The molecule has 0 radical (unpaired) electrons. The van der Waals surface area contributed by atoms with Crippen LogP contribution in [0, 0.1) is 10.1 Å². The Balaban J connectivity index is 1.49. The highest BCUT2D eigenvalue weighted by molar-refractivity contribution is 7.99. The number of hydrogen-bond acceptors (Lipinski definition) is 8. The molecule has 1 aliphatic carbocycles. The Hall–Kier alpha value is -3.25. The third-order valence-electron chi connectivity index (χ3n) is 5.35. The van der Waals surface area contributed by atoms with Crippen LogP contribution in [0.15, 0.2) is 29.4 Å². The number of nitrogens with zero attached hydrogens (tertiary/aromatic N) is 4. The Kier molecular flexibility index (Phi) is 6.75. The molecule has 172 valence electrons. The molecule has 0 saturated carbocycles.